The third-order valence-electron chi connectivity index (χ3n) is 1.75. The Morgan fingerprint density at radius 1 is 1.40 bits per heavy atom. The Morgan fingerprint density at radius 3 is 2.87 bits per heavy atom. The Hall–Kier alpha value is -1.00. The Morgan fingerprint density at radius 2 is 2.20 bits per heavy atom. The van der Waals surface area contributed by atoms with Crippen molar-refractivity contribution in [3.8, 4) is 0 Å². The van der Waals surface area contributed by atoms with Gasteiger partial charge in [0.05, 0.1) is 12.2 Å². The molecule has 0 aliphatic heterocycles. The van der Waals surface area contributed by atoms with E-state index in [9.17, 15) is 4.79 Å². The summed E-state index contributed by atoms with van der Waals surface area (Å²) in [6.07, 6.45) is 0. The molecule has 0 unspecified atom stereocenters. The molecule has 0 aliphatic carbocycles. The van der Waals surface area contributed by atoms with E-state index >= 15 is 0 Å². The number of hydrogen-bond acceptors (Lipinski definition) is 4. The Labute approximate surface area is 94.8 Å². The van der Waals surface area contributed by atoms with Gasteiger partial charge in [-0.3, -0.25) is 0 Å². The molecule has 82 valence electrons. The summed E-state index contributed by atoms with van der Waals surface area (Å²) in [6.45, 7) is 3.24. The predicted molar refractivity (Wildman–Crippen MR) is 60.5 cm³/mol. The first kappa shape index (κ1) is 12.1. The molecule has 0 aliphatic rings. The minimum Gasteiger partial charge on any atom is -0.460 e. The molecular weight excluding hydrogens is 212 g/mol. The van der Waals surface area contributed by atoms with Crippen LogP contribution in [0.2, 0.25) is 0 Å². The lowest BCUT2D eigenvalue weighted by Crippen LogP contribution is -2.10. The molecule has 0 N–H and O–H groups in total. The van der Waals surface area contributed by atoms with E-state index in [0.717, 1.165) is 4.90 Å². The van der Waals surface area contributed by atoms with Crippen molar-refractivity contribution in [1.29, 1.82) is 0 Å². The normalized spacial score (nSPS) is 10.0. The van der Waals surface area contributed by atoms with E-state index in [1.54, 1.807) is 24.3 Å². The fraction of sp³-hybridized carbons (Fsp3) is 0.364. The summed E-state index contributed by atoms with van der Waals surface area (Å²) in [5, 5.41) is 0. The van der Waals surface area contributed by atoms with Crippen molar-refractivity contribution in [2.24, 2.45) is 0 Å². The van der Waals surface area contributed by atoms with Crippen LogP contribution in [-0.2, 0) is 9.47 Å². The van der Waals surface area contributed by atoms with Crippen molar-refractivity contribution in [1.82, 2.24) is 0 Å². The molecule has 15 heavy (non-hydrogen) atoms. The number of carbonyl (C=O) groups is 1. The number of thiol groups is 1. The highest BCUT2D eigenvalue weighted by atomic mass is 32.1. The van der Waals surface area contributed by atoms with Crippen LogP contribution in [0.4, 0.5) is 0 Å². The minimum absolute atomic E-state index is 0.281. The van der Waals surface area contributed by atoms with E-state index in [1.807, 2.05) is 6.92 Å². The summed E-state index contributed by atoms with van der Waals surface area (Å²) in [4.78, 5) is 12.2. The second-order valence-corrected chi connectivity index (χ2v) is 3.40. The van der Waals surface area contributed by atoms with Gasteiger partial charge in [0.1, 0.15) is 6.61 Å². The second kappa shape index (κ2) is 6.48. The van der Waals surface area contributed by atoms with Crippen LogP contribution in [0.3, 0.4) is 0 Å². The van der Waals surface area contributed by atoms with Crippen LogP contribution < -0.4 is 0 Å². The summed E-state index contributed by atoms with van der Waals surface area (Å²) in [6, 6.07) is 6.94. The van der Waals surface area contributed by atoms with E-state index in [-0.39, 0.29) is 12.6 Å². The lowest BCUT2D eigenvalue weighted by molar-refractivity contribution is 0.0335. The zero-order valence-electron chi connectivity index (χ0n) is 8.60. The van der Waals surface area contributed by atoms with Crippen molar-refractivity contribution in [2.75, 3.05) is 19.8 Å². The first-order valence-electron chi connectivity index (χ1n) is 4.78. The topological polar surface area (TPSA) is 35.5 Å². The highest BCUT2D eigenvalue weighted by Crippen LogP contribution is 2.09. The standard InChI is InChI=1S/C11H14O3S/c1-2-13-6-7-14-11(12)9-4-3-5-10(15)8-9/h3-5,8,15H,2,6-7H2,1H3. The van der Waals surface area contributed by atoms with Crippen molar-refractivity contribution in [3.05, 3.63) is 29.8 Å². The molecule has 1 aromatic rings. The van der Waals surface area contributed by atoms with Gasteiger partial charge in [0.25, 0.3) is 0 Å². The van der Waals surface area contributed by atoms with Crippen LogP contribution in [0.1, 0.15) is 17.3 Å². The molecule has 0 radical (unpaired) electrons. The average molecular weight is 226 g/mol. The summed E-state index contributed by atoms with van der Waals surface area (Å²) >= 11 is 4.14. The highest BCUT2D eigenvalue weighted by Gasteiger charge is 2.06. The van der Waals surface area contributed by atoms with Crippen LogP contribution in [-0.4, -0.2) is 25.8 Å². The minimum atomic E-state index is -0.342. The van der Waals surface area contributed by atoms with Crippen molar-refractivity contribution >= 4 is 18.6 Å². The maximum absolute atomic E-state index is 11.4. The third-order valence-corrected chi connectivity index (χ3v) is 2.02. The largest absolute Gasteiger partial charge is 0.460 e. The van der Waals surface area contributed by atoms with E-state index in [4.69, 9.17) is 9.47 Å². The summed E-state index contributed by atoms with van der Waals surface area (Å²) in [7, 11) is 0. The zero-order valence-corrected chi connectivity index (χ0v) is 9.50. The van der Waals surface area contributed by atoms with E-state index in [2.05, 4.69) is 12.6 Å². The van der Waals surface area contributed by atoms with Gasteiger partial charge < -0.3 is 9.47 Å². The average Bonchev–Trinajstić information content (AvgIpc) is 2.24. The number of carbonyl (C=O) groups excluding carboxylic acids is 1. The van der Waals surface area contributed by atoms with Gasteiger partial charge in [-0.1, -0.05) is 6.07 Å². The summed E-state index contributed by atoms with van der Waals surface area (Å²) in [5.41, 5.74) is 0.513. The first-order valence-corrected chi connectivity index (χ1v) is 5.22. The molecule has 0 fully saturated rings. The van der Waals surface area contributed by atoms with E-state index in [1.165, 1.54) is 0 Å². The van der Waals surface area contributed by atoms with Crippen molar-refractivity contribution in [2.45, 2.75) is 11.8 Å². The van der Waals surface area contributed by atoms with Crippen LogP contribution in [0, 0.1) is 0 Å². The fourth-order valence-electron chi connectivity index (χ4n) is 1.05. The number of esters is 1. The van der Waals surface area contributed by atoms with Crippen molar-refractivity contribution in [3.63, 3.8) is 0 Å². The molecule has 0 amide bonds. The summed E-state index contributed by atoms with van der Waals surface area (Å²) < 4.78 is 10.0. The molecule has 0 saturated heterocycles. The molecule has 3 nitrogen and oxygen atoms in total. The lowest BCUT2D eigenvalue weighted by Gasteiger charge is -2.04. The maximum Gasteiger partial charge on any atom is 0.338 e. The van der Waals surface area contributed by atoms with Crippen molar-refractivity contribution < 1.29 is 14.3 Å². The van der Waals surface area contributed by atoms with Gasteiger partial charge in [-0.05, 0) is 25.1 Å². The number of hydrogen-bond donors (Lipinski definition) is 1. The molecule has 1 rings (SSSR count). The van der Waals surface area contributed by atoms with Crippen LogP contribution in [0.5, 0.6) is 0 Å². The smallest absolute Gasteiger partial charge is 0.338 e. The molecule has 0 atom stereocenters. The fourth-order valence-corrected chi connectivity index (χ4v) is 1.28. The summed E-state index contributed by atoms with van der Waals surface area (Å²) in [5.74, 6) is -0.342. The molecule has 0 saturated carbocycles. The van der Waals surface area contributed by atoms with Gasteiger partial charge in [-0.15, -0.1) is 12.6 Å². The van der Waals surface area contributed by atoms with Gasteiger partial charge in [0, 0.05) is 11.5 Å². The van der Waals surface area contributed by atoms with Gasteiger partial charge in [-0.2, -0.15) is 0 Å². The van der Waals surface area contributed by atoms with E-state index in [0.29, 0.717) is 18.8 Å². The molecule has 1 aromatic carbocycles. The van der Waals surface area contributed by atoms with Gasteiger partial charge in [0.15, 0.2) is 0 Å². The van der Waals surface area contributed by atoms with E-state index < -0.39 is 0 Å². The van der Waals surface area contributed by atoms with Crippen LogP contribution in [0.25, 0.3) is 0 Å². The number of benzene rings is 1. The second-order valence-electron chi connectivity index (χ2n) is 2.88. The van der Waals surface area contributed by atoms with Gasteiger partial charge in [-0.25, -0.2) is 4.79 Å². The Bertz CT molecular complexity index is 325. The molecule has 0 spiro atoms. The highest BCUT2D eigenvalue weighted by molar-refractivity contribution is 7.80. The Kier molecular flexibility index (Phi) is 5.21. The third kappa shape index (κ3) is 4.36. The van der Waals surface area contributed by atoms with Crippen LogP contribution >= 0.6 is 12.6 Å². The zero-order chi connectivity index (χ0) is 11.1. The molecule has 0 aromatic heterocycles. The molecule has 0 bridgehead atoms. The Balaban J connectivity index is 2.40. The first-order chi connectivity index (χ1) is 7.24. The molecular formula is C11H14O3S. The van der Waals surface area contributed by atoms with Gasteiger partial charge in [0.2, 0.25) is 0 Å². The quantitative estimate of drug-likeness (QED) is 0.475. The molecule has 0 heterocycles. The SMILES string of the molecule is CCOCCOC(=O)c1cccc(S)c1. The molecule has 4 heteroatoms. The lowest BCUT2D eigenvalue weighted by atomic mass is 10.2. The van der Waals surface area contributed by atoms with Crippen LogP contribution in [0.15, 0.2) is 29.2 Å². The monoisotopic (exact) mass is 226 g/mol. The number of rotatable bonds is 5. The predicted octanol–water partition coefficient (Wildman–Crippen LogP) is 2.17. The van der Waals surface area contributed by atoms with Gasteiger partial charge >= 0.3 is 5.97 Å². The number of ether oxygens (including phenoxy) is 2. The maximum atomic E-state index is 11.4.